The molecule has 0 saturated carbocycles. The molecule has 94 valence electrons. The van der Waals surface area contributed by atoms with E-state index in [4.69, 9.17) is 9.47 Å². The van der Waals surface area contributed by atoms with Crippen LogP contribution in [0.3, 0.4) is 0 Å². The predicted molar refractivity (Wildman–Crippen MR) is 68.7 cm³/mol. The van der Waals surface area contributed by atoms with E-state index in [1.165, 1.54) is 5.56 Å². The van der Waals surface area contributed by atoms with Crippen molar-refractivity contribution in [2.75, 3.05) is 33.4 Å². The van der Waals surface area contributed by atoms with Gasteiger partial charge < -0.3 is 14.8 Å². The van der Waals surface area contributed by atoms with Gasteiger partial charge in [-0.15, -0.1) is 0 Å². The Bertz CT molecular complexity index is 344. The molecule has 17 heavy (non-hydrogen) atoms. The van der Waals surface area contributed by atoms with E-state index in [0.717, 1.165) is 31.9 Å². The van der Waals surface area contributed by atoms with Crippen LogP contribution in [0.2, 0.25) is 0 Å². The van der Waals surface area contributed by atoms with E-state index in [1.54, 1.807) is 0 Å². The number of hydrogen-bond donors (Lipinski definition) is 1. The Hall–Kier alpha value is -1.06. The summed E-state index contributed by atoms with van der Waals surface area (Å²) in [5, 5.41) is 3.21. The van der Waals surface area contributed by atoms with Crippen molar-refractivity contribution in [2.45, 2.75) is 18.8 Å². The molecule has 1 aliphatic heterocycles. The Morgan fingerprint density at radius 1 is 1.29 bits per heavy atom. The molecule has 1 aliphatic rings. The molecule has 0 atom stereocenters. The largest absolute Gasteiger partial charge is 0.494 e. The minimum Gasteiger partial charge on any atom is -0.494 e. The van der Waals surface area contributed by atoms with Crippen molar-refractivity contribution in [2.24, 2.45) is 0 Å². The molecule has 0 unspecified atom stereocenters. The first-order chi connectivity index (χ1) is 8.30. The van der Waals surface area contributed by atoms with Gasteiger partial charge in [0.1, 0.15) is 5.75 Å². The summed E-state index contributed by atoms with van der Waals surface area (Å²) in [7, 11) is 1.99. The number of nitrogens with one attached hydrogen (secondary N) is 1. The van der Waals surface area contributed by atoms with Crippen molar-refractivity contribution in [1.82, 2.24) is 5.32 Å². The molecule has 2 rings (SSSR count). The van der Waals surface area contributed by atoms with Gasteiger partial charge in [-0.3, -0.25) is 0 Å². The second-order valence-electron chi connectivity index (χ2n) is 4.58. The molecule has 3 nitrogen and oxygen atoms in total. The van der Waals surface area contributed by atoms with Crippen molar-refractivity contribution < 1.29 is 9.47 Å². The van der Waals surface area contributed by atoms with E-state index in [1.807, 2.05) is 14.0 Å². The smallest absolute Gasteiger partial charge is 0.119 e. The highest BCUT2D eigenvalue weighted by Crippen LogP contribution is 2.36. The third kappa shape index (κ3) is 2.61. The normalized spacial score (nSPS) is 17.5. The summed E-state index contributed by atoms with van der Waals surface area (Å²) in [6.07, 6.45) is 1.12. The quantitative estimate of drug-likeness (QED) is 0.817. The molecule has 1 fully saturated rings. The Balaban J connectivity index is 2.08. The van der Waals surface area contributed by atoms with Crippen LogP contribution in [-0.4, -0.2) is 33.4 Å². The molecule has 0 aliphatic carbocycles. The second-order valence-corrected chi connectivity index (χ2v) is 4.58. The fourth-order valence-electron chi connectivity index (χ4n) is 2.24. The minimum atomic E-state index is 0.216. The summed E-state index contributed by atoms with van der Waals surface area (Å²) in [4.78, 5) is 0. The molecule has 1 aromatic carbocycles. The lowest BCUT2D eigenvalue weighted by atomic mass is 9.76. The molecule has 0 radical (unpaired) electrons. The standard InChI is InChI=1S/C14H21NO2/c1-3-17-13-6-4-12(5-7-13)14(8-9-15-2)10-16-11-14/h4-7,15H,3,8-11H2,1-2H3. The molecule has 0 spiro atoms. The first kappa shape index (κ1) is 12.4. The number of benzene rings is 1. The molecule has 1 N–H and O–H groups in total. The summed E-state index contributed by atoms with van der Waals surface area (Å²) in [5.74, 6) is 0.945. The SMILES string of the molecule is CCOc1ccc(C2(CCNC)COC2)cc1. The van der Waals surface area contributed by atoms with Crippen molar-refractivity contribution in [3.8, 4) is 5.75 Å². The summed E-state index contributed by atoms with van der Waals surface area (Å²) in [6.45, 7) is 5.41. The maximum absolute atomic E-state index is 5.46. The summed E-state index contributed by atoms with van der Waals surface area (Å²) in [6, 6.07) is 8.45. The Labute approximate surface area is 103 Å². The summed E-state index contributed by atoms with van der Waals surface area (Å²) < 4.78 is 10.9. The van der Waals surface area contributed by atoms with Crippen LogP contribution in [-0.2, 0) is 10.2 Å². The number of ether oxygens (including phenoxy) is 2. The predicted octanol–water partition coefficient (Wildman–Crippen LogP) is 1.96. The lowest BCUT2D eigenvalue weighted by Gasteiger charge is -2.42. The Morgan fingerprint density at radius 3 is 2.47 bits per heavy atom. The van der Waals surface area contributed by atoms with Crippen molar-refractivity contribution in [3.05, 3.63) is 29.8 Å². The zero-order chi connectivity index (χ0) is 12.1. The highest BCUT2D eigenvalue weighted by Gasteiger charge is 2.39. The van der Waals surface area contributed by atoms with E-state index in [2.05, 4.69) is 29.6 Å². The van der Waals surface area contributed by atoms with E-state index in [9.17, 15) is 0 Å². The highest BCUT2D eigenvalue weighted by molar-refractivity contribution is 5.34. The Kier molecular flexibility index (Phi) is 4.02. The van der Waals surface area contributed by atoms with Gasteiger partial charge in [0, 0.05) is 5.41 Å². The van der Waals surface area contributed by atoms with Gasteiger partial charge in [-0.1, -0.05) is 12.1 Å². The highest BCUT2D eigenvalue weighted by atomic mass is 16.5. The molecule has 0 bridgehead atoms. The van der Waals surface area contributed by atoms with Gasteiger partial charge in [0.15, 0.2) is 0 Å². The molecule has 1 heterocycles. The topological polar surface area (TPSA) is 30.5 Å². The average Bonchev–Trinajstić information content (AvgIpc) is 2.30. The van der Waals surface area contributed by atoms with Crippen LogP contribution < -0.4 is 10.1 Å². The fraction of sp³-hybridized carbons (Fsp3) is 0.571. The van der Waals surface area contributed by atoms with Gasteiger partial charge in [0.25, 0.3) is 0 Å². The maximum Gasteiger partial charge on any atom is 0.119 e. The van der Waals surface area contributed by atoms with Crippen LogP contribution in [0.1, 0.15) is 18.9 Å². The van der Waals surface area contributed by atoms with Crippen LogP contribution in [0.4, 0.5) is 0 Å². The molecule has 0 aromatic heterocycles. The van der Waals surface area contributed by atoms with Gasteiger partial charge in [0.05, 0.1) is 19.8 Å². The number of rotatable bonds is 6. The lowest BCUT2D eigenvalue weighted by Crippen LogP contribution is -2.48. The fourth-order valence-corrected chi connectivity index (χ4v) is 2.24. The Morgan fingerprint density at radius 2 is 2.00 bits per heavy atom. The van der Waals surface area contributed by atoms with Gasteiger partial charge >= 0.3 is 0 Å². The molecule has 1 saturated heterocycles. The van der Waals surface area contributed by atoms with Gasteiger partial charge in [-0.25, -0.2) is 0 Å². The molecule has 0 amide bonds. The molecular formula is C14H21NO2. The zero-order valence-electron chi connectivity index (χ0n) is 10.7. The first-order valence-corrected chi connectivity index (χ1v) is 6.26. The maximum atomic E-state index is 5.46. The van der Waals surface area contributed by atoms with Crippen LogP contribution >= 0.6 is 0 Å². The summed E-state index contributed by atoms with van der Waals surface area (Å²) >= 11 is 0. The van der Waals surface area contributed by atoms with Crippen molar-refractivity contribution in [3.63, 3.8) is 0 Å². The molecule has 1 aromatic rings. The van der Waals surface area contributed by atoms with Gasteiger partial charge in [-0.2, -0.15) is 0 Å². The van der Waals surface area contributed by atoms with E-state index in [0.29, 0.717) is 6.61 Å². The monoisotopic (exact) mass is 235 g/mol. The molecule has 3 heteroatoms. The zero-order valence-corrected chi connectivity index (χ0v) is 10.7. The van der Waals surface area contributed by atoms with Crippen LogP contribution in [0.25, 0.3) is 0 Å². The number of hydrogen-bond acceptors (Lipinski definition) is 3. The minimum absolute atomic E-state index is 0.216. The van der Waals surface area contributed by atoms with E-state index >= 15 is 0 Å². The second kappa shape index (κ2) is 5.52. The van der Waals surface area contributed by atoms with Crippen LogP contribution in [0.15, 0.2) is 24.3 Å². The van der Waals surface area contributed by atoms with Crippen LogP contribution in [0, 0.1) is 0 Å². The van der Waals surface area contributed by atoms with Gasteiger partial charge in [-0.05, 0) is 44.6 Å². The van der Waals surface area contributed by atoms with Crippen LogP contribution in [0.5, 0.6) is 5.75 Å². The lowest BCUT2D eigenvalue weighted by molar-refractivity contribution is -0.0638. The third-order valence-corrected chi connectivity index (χ3v) is 3.39. The third-order valence-electron chi connectivity index (χ3n) is 3.39. The van der Waals surface area contributed by atoms with E-state index in [-0.39, 0.29) is 5.41 Å². The van der Waals surface area contributed by atoms with Crippen molar-refractivity contribution in [1.29, 1.82) is 0 Å². The van der Waals surface area contributed by atoms with Gasteiger partial charge in [0.2, 0.25) is 0 Å². The molecular weight excluding hydrogens is 214 g/mol. The van der Waals surface area contributed by atoms with E-state index < -0.39 is 0 Å². The summed E-state index contributed by atoms with van der Waals surface area (Å²) in [5.41, 5.74) is 1.58. The van der Waals surface area contributed by atoms with Crippen molar-refractivity contribution >= 4 is 0 Å². The average molecular weight is 235 g/mol. The first-order valence-electron chi connectivity index (χ1n) is 6.26.